The summed E-state index contributed by atoms with van der Waals surface area (Å²) in [6, 6.07) is 18.8. The van der Waals surface area contributed by atoms with E-state index in [2.05, 4.69) is 14.8 Å². The normalized spacial score (nSPS) is 11.7. The fourth-order valence-electron chi connectivity index (χ4n) is 2.55. The molecule has 0 amide bonds. The molecule has 7 nitrogen and oxygen atoms in total. The lowest BCUT2D eigenvalue weighted by atomic mass is 10.2. The third-order valence-corrected chi connectivity index (χ3v) is 6.97. The van der Waals surface area contributed by atoms with Crippen LogP contribution in [-0.2, 0) is 20.0 Å². The van der Waals surface area contributed by atoms with Crippen LogP contribution in [0, 0.1) is 6.92 Å². The van der Waals surface area contributed by atoms with E-state index in [1.807, 2.05) is 6.92 Å². The van der Waals surface area contributed by atoms with Gasteiger partial charge in [0.25, 0.3) is 20.0 Å². The zero-order valence-corrected chi connectivity index (χ0v) is 17.5. The predicted octanol–water partition coefficient (Wildman–Crippen LogP) is 3.64. The Kier molecular flexibility index (Phi) is 5.81. The van der Waals surface area contributed by atoms with E-state index in [-0.39, 0.29) is 9.79 Å². The van der Waals surface area contributed by atoms with E-state index in [1.54, 1.807) is 31.3 Å². The number of hydrogen-bond acceptors (Lipinski definition) is 5. The number of anilines is 3. The number of aryl methyl sites for hydroxylation is 1. The van der Waals surface area contributed by atoms with Crippen LogP contribution in [0.25, 0.3) is 0 Å². The van der Waals surface area contributed by atoms with Gasteiger partial charge >= 0.3 is 0 Å². The van der Waals surface area contributed by atoms with Crippen LogP contribution < -0.4 is 14.8 Å². The van der Waals surface area contributed by atoms with Gasteiger partial charge in [0.15, 0.2) is 0 Å². The molecule has 3 rings (SSSR count). The van der Waals surface area contributed by atoms with Crippen LogP contribution in [0.15, 0.2) is 82.6 Å². The summed E-state index contributed by atoms with van der Waals surface area (Å²) in [4.78, 5) is 0.276. The molecule has 0 spiro atoms. The first-order chi connectivity index (χ1) is 13.7. The summed E-state index contributed by atoms with van der Waals surface area (Å²) in [5.41, 5.74) is 2.41. The second-order valence-corrected chi connectivity index (χ2v) is 9.74. The molecule has 0 aliphatic carbocycles. The summed E-state index contributed by atoms with van der Waals surface area (Å²) in [6.07, 6.45) is 0. The van der Waals surface area contributed by atoms with Crippen molar-refractivity contribution in [2.24, 2.45) is 0 Å². The quantitative estimate of drug-likeness (QED) is 0.530. The Hall–Kier alpha value is -3.04. The van der Waals surface area contributed by atoms with Crippen LogP contribution in [0.2, 0.25) is 0 Å². The van der Waals surface area contributed by atoms with E-state index < -0.39 is 20.0 Å². The molecule has 0 radical (unpaired) electrons. The Morgan fingerprint density at radius 1 is 0.552 bits per heavy atom. The molecule has 0 aliphatic heterocycles. The lowest BCUT2D eigenvalue weighted by Crippen LogP contribution is -2.14. The Morgan fingerprint density at radius 2 is 0.897 bits per heavy atom. The fraction of sp³-hybridized carbons (Fsp3) is 0.100. The van der Waals surface area contributed by atoms with Crippen molar-refractivity contribution >= 4 is 37.1 Å². The maximum absolute atomic E-state index is 12.5. The van der Waals surface area contributed by atoms with Crippen LogP contribution in [0.3, 0.4) is 0 Å². The first kappa shape index (κ1) is 20.7. The van der Waals surface area contributed by atoms with Gasteiger partial charge in [-0.25, -0.2) is 16.8 Å². The molecule has 0 atom stereocenters. The Labute approximate surface area is 170 Å². The minimum Gasteiger partial charge on any atom is -0.388 e. The number of benzene rings is 3. The first-order valence-electron chi connectivity index (χ1n) is 8.70. The van der Waals surface area contributed by atoms with E-state index in [9.17, 15) is 16.8 Å². The minimum absolute atomic E-state index is 0.126. The average Bonchev–Trinajstić information content (AvgIpc) is 2.69. The molecular weight excluding hydrogens is 410 g/mol. The molecule has 0 aromatic heterocycles. The van der Waals surface area contributed by atoms with Gasteiger partial charge < -0.3 is 5.32 Å². The largest absolute Gasteiger partial charge is 0.388 e. The van der Waals surface area contributed by atoms with E-state index in [0.29, 0.717) is 11.4 Å². The number of nitrogens with one attached hydrogen (secondary N) is 3. The molecule has 0 unspecified atom stereocenters. The lowest BCUT2D eigenvalue weighted by molar-refractivity contribution is 0.599. The topological polar surface area (TPSA) is 104 Å². The molecule has 0 saturated heterocycles. The SMILES string of the molecule is CNc1ccc(S(=O)(=O)Nc2ccc(NS(=O)(=O)c3ccc(C)cc3)cc2)cc1. The van der Waals surface area contributed by atoms with Crippen LogP contribution >= 0.6 is 0 Å². The van der Waals surface area contributed by atoms with E-state index in [4.69, 9.17) is 0 Å². The molecule has 3 aromatic rings. The summed E-state index contributed by atoms with van der Waals surface area (Å²) in [6.45, 7) is 1.87. The molecule has 0 heterocycles. The fourth-order valence-corrected chi connectivity index (χ4v) is 4.67. The highest BCUT2D eigenvalue weighted by molar-refractivity contribution is 7.93. The van der Waals surface area contributed by atoms with Gasteiger partial charge in [-0.05, 0) is 67.6 Å². The van der Waals surface area contributed by atoms with Crippen molar-refractivity contribution in [3.8, 4) is 0 Å². The Morgan fingerprint density at radius 3 is 1.28 bits per heavy atom. The second kappa shape index (κ2) is 8.14. The van der Waals surface area contributed by atoms with Crippen LogP contribution in [-0.4, -0.2) is 23.9 Å². The zero-order chi connectivity index (χ0) is 21.1. The Balaban J connectivity index is 1.73. The van der Waals surface area contributed by atoms with Gasteiger partial charge in [0.05, 0.1) is 9.79 Å². The van der Waals surface area contributed by atoms with Crippen molar-refractivity contribution in [2.45, 2.75) is 16.7 Å². The van der Waals surface area contributed by atoms with Gasteiger partial charge in [-0.2, -0.15) is 0 Å². The Bertz CT molecular complexity index is 1190. The standard InChI is InChI=1S/C20H21N3O4S2/c1-15-3-11-19(12-4-15)28(24,25)22-17-5-7-18(8-6-17)23-29(26,27)20-13-9-16(21-2)10-14-20/h3-14,21-23H,1-2H3. The summed E-state index contributed by atoms with van der Waals surface area (Å²) < 4.78 is 54.8. The smallest absolute Gasteiger partial charge is 0.261 e. The van der Waals surface area contributed by atoms with Crippen molar-refractivity contribution in [3.63, 3.8) is 0 Å². The molecule has 0 saturated carbocycles. The van der Waals surface area contributed by atoms with Gasteiger partial charge in [-0.15, -0.1) is 0 Å². The van der Waals surface area contributed by atoms with Gasteiger partial charge in [-0.1, -0.05) is 17.7 Å². The number of sulfonamides is 2. The maximum atomic E-state index is 12.5. The highest BCUT2D eigenvalue weighted by Crippen LogP contribution is 2.21. The monoisotopic (exact) mass is 431 g/mol. The zero-order valence-electron chi connectivity index (χ0n) is 15.9. The highest BCUT2D eigenvalue weighted by Gasteiger charge is 2.16. The maximum Gasteiger partial charge on any atom is 0.261 e. The first-order valence-corrected chi connectivity index (χ1v) is 11.7. The van der Waals surface area contributed by atoms with Crippen molar-refractivity contribution in [1.29, 1.82) is 0 Å². The van der Waals surface area contributed by atoms with Crippen molar-refractivity contribution in [3.05, 3.63) is 78.4 Å². The second-order valence-electron chi connectivity index (χ2n) is 6.38. The average molecular weight is 432 g/mol. The van der Waals surface area contributed by atoms with Gasteiger partial charge in [0.2, 0.25) is 0 Å². The number of hydrogen-bond donors (Lipinski definition) is 3. The van der Waals surface area contributed by atoms with E-state index in [0.717, 1.165) is 11.3 Å². The summed E-state index contributed by atoms with van der Waals surface area (Å²) in [7, 11) is -5.73. The predicted molar refractivity (Wildman–Crippen MR) is 115 cm³/mol. The molecule has 0 fully saturated rings. The molecule has 29 heavy (non-hydrogen) atoms. The summed E-state index contributed by atoms with van der Waals surface area (Å²) in [5.74, 6) is 0. The lowest BCUT2D eigenvalue weighted by Gasteiger charge is -2.11. The molecule has 9 heteroatoms. The molecule has 152 valence electrons. The highest BCUT2D eigenvalue weighted by atomic mass is 32.2. The minimum atomic E-state index is -3.75. The van der Waals surface area contributed by atoms with Gasteiger partial charge in [-0.3, -0.25) is 9.44 Å². The summed E-state index contributed by atoms with van der Waals surface area (Å²) in [5, 5.41) is 2.92. The molecular formula is C20H21N3O4S2. The van der Waals surface area contributed by atoms with Crippen LogP contribution in [0.5, 0.6) is 0 Å². The van der Waals surface area contributed by atoms with Crippen molar-refractivity contribution < 1.29 is 16.8 Å². The molecule has 0 bridgehead atoms. The van der Waals surface area contributed by atoms with E-state index >= 15 is 0 Å². The van der Waals surface area contributed by atoms with Gasteiger partial charge in [0.1, 0.15) is 0 Å². The number of rotatable bonds is 7. The van der Waals surface area contributed by atoms with Crippen LogP contribution in [0.4, 0.5) is 17.1 Å². The van der Waals surface area contributed by atoms with Crippen molar-refractivity contribution in [2.75, 3.05) is 21.8 Å². The van der Waals surface area contributed by atoms with Crippen LogP contribution in [0.1, 0.15) is 5.56 Å². The molecule has 3 aromatic carbocycles. The van der Waals surface area contributed by atoms with Crippen molar-refractivity contribution in [1.82, 2.24) is 0 Å². The van der Waals surface area contributed by atoms with E-state index in [1.165, 1.54) is 48.5 Å². The third kappa shape index (κ3) is 5.07. The molecule has 0 aliphatic rings. The molecule has 3 N–H and O–H groups in total. The summed E-state index contributed by atoms with van der Waals surface area (Å²) >= 11 is 0. The third-order valence-electron chi connectivity index (χ3n) is 4.17. The van der Waals surface area contributed by atoms with Gasteiger partial charge in [0, 0.05) is 24.1 Å².